The summed E-state index contributed by atoms with van der Waals surface area (Å²) in [5, 5.41) is 0. The zero-order valence-electron chi connectivity index (χ0n) is 22.6. The highest BCUT2D eigenvalue weighted by molar-refractivity contribution is 5.97. The predicted octanol–water partition coefficient (Wildman–Crippen LogP) is 7.07. The molecule has 1 heterocycles. The van der Waals surface area contributed by atoms with Gasteiger partial charge in [-0.05, 0) is 49.9 Å². The molecule has 0 aliphatic rings. The highest BCUT2D eigenvalue weighted by atomic mass is 16.6. The number of carbonyl (C=O) groups is 1. The SMILES string of the molecule is CCCCc1nc2cc(OC)c(OC)cc2n1Cc1ccc(-c2ccccc2C(=O)OC(C)(C)C)cc1. The first-order valence-corrected chi connectivity index (χ1v) is 12.8. The maximum absolute atomic E-state index is 12.8. The van der Waals surface area contributed by atoms with Crippen molar-refractivity contribution >= 4 is 17.0 Å². The van der Waals surface area contributed by atoms with Crippen molar-refractivity contribution < 1.29 is 19.0 Å². The van der Waals surface area contributed by atoms with Crippen LogP contribution in [0.15, 0.2) is 60.7 Å². The largest absolute Gasteiger partial charge is 0.493 e. The van der Waals surface area contributed by atoms with Crippen LogP contribution in [0, 0.1) is 0 Å². The molecule has 0 unspecified atom stereocenters. The van der Waals surface area contributed by atoms with Gasteiger partial charge in [0.1, 0.15) is 11.4 Å². The number of esters is 1. The molecule has 194 valence electrons. The summed E-state index contributed by atoms with van der Waals surface area (Å²) in [6, 6.07) is 19.9. The monoisotopic (exact) mass is 500 g/mol. The number of carbonyl (C=O) groups excluding carboxylic acids is 1. The van der Waals surface area contributed by atoms with E-state index >= 15 is 0 Å². The summed E-state index contributed by atoms with van der Waals surface area (Å²) >= 11 is 0. The van der Waals surface area contributed by atoms with Gasteiger partial charge in [-0.15, -0.1) is 0 Å². The molecule has 0 radical (unpaired) electrons. The van der Waals surface area contributed by atoms with E-state index in [1.165, 1.54) is 0 Å². The third-order valence-corrected chi connectivity index (χ3v) is 6.24. The molecular weight excluding hydrogens is 464 g/mol. The van der Waals surface area contributed by atoms with Crippen molar-refractivity contribution in [2.75, 3.05) is 14.2 Å². The van der Waals surface area contributed by atoms with Crippen LogP contribution in [-0.2, 0) is 17.7 Å². The summed E-state index contributed by atoms with van der Waals surface area (Å²) in [6.07, 6.45) is 3.07. The number of methoxy groups -OCH3 is 2. The molecule has 0 amide bonds. The lowest BCUT2D eigenvalue weighted by Gasteiger charge is -2.20. The molecular formula is C31H36N2O4. The Morgan fingerprint density at radius 3 is 2.27 bits per heavy atom. The summed E-state index contributed by atoms with van der Waals surface area (Å²) in [7, 11) is 3.29. The molecule has 0 saturated carbocycles. The van der Waals surface area contributed by atoms with E-state index in [1.54, 1.807) is 14.2 Å². The first-order valence-electron chi connectivity index (χ1n) is 12.8. The van der Waals surface area contributed by atoms with Gasteiger partial charge < -0.3 is 18.8 Å². The molecule has 0 spiro atoms. The Hall–Kier alpha value is -3.80. The third-order valence-electron chi connectivity index (χ3n) is 6.24. The minimum atomic E-state index is -0.552. The molecule has 1 aromatic heterocycles. The van der Waals surface area contributed by atoms with E-state index in [-0.39, 0.29) is 5.97 Å². The lowest BCUT2D eigenvalue weighted by Crippen LogP contribution is -2.24. The molecule has 0 aliphatic carbocycles. The standard InChI is InChI=1S/C31H36N2O4/c1-7-8-13-29-32-25-18-27(35-5)28(36-6)19-26(25)33(29)20-21-14-16-22(17-15-21)23-11-9-10-12-24(23)30(34)37-31(2,3)4/h9-12,14-19H,7-8,13,20H2,1-6H3. The van der Waals surface area contributed by atoms with Gasteiger partial charge >= 0.3 is 5.97 Å². The second kappa shape index (κ2) is 11.1. The Bertz CT molecular complexity index is 1380. The molecule has 4 aromatic rings. The van der Waals surface area contributed by atoms with Gasteiger partial charge in [-0.2, -0.15) is 0 Å². The Balaban J connectivity index is 1.67. The van der Waals surface area contributed by atoms with Crippen LogP contribution in [0.5, 0.6) is 11.5 Å². The lowest BCUT2D eigenvalue weighted by molar-refractivity contribution is 0.00704. The third kappa shape index (κ3) is 5.96. The number of nitrogens with zero attached hydrogens (tertiary/aromatic N) is 2. The smallest absolute Gasteiger partial charge is 0.339 e. The first kappa shape index (κ1) is 26.3. The van der Waals surface area contributed by atoms with E-state index < -0.39 is 5.60 Å². The Morgan fingerprint density at radius 1 is 0.946 bits per heavy atom. The zero-order chi connectivity index (χ0) is 26.6. The number of imidazole rings is 1. The molecule has 0 fully saturated rings. The van der Waals surface area contributed by atoms with Crippen LogP contribution in [0.25, 0.3) is 22.2 Å². The fraction of sp³-hybridized carbons (Fsp3) is 0.355. The van der Waals surface area contributed by atoms with Gasteiger partial charge in [0.05, 0.1) is 30.8 Å². The number of ether oxygens (including phenoxy) is 3. The number of fused-ring (bicyclic) bond motifs is 1. The average Bonchev–Trinajstić information content (AvgIpc) is 3.21. The molecule has 0 N–H and O–H groups in total. The van der Waals surface area contributed by atoms with Crippen LogP contribution in [-0.4, -0.2) is 35.3 Å². The van der Waals surface area contributed by atoms with E-state index in [0.717, 1.165) is 52.8 Å². The molecule has 3 aromatic carbocycles. The molecule has 37 heavy (non-hydrogen) atoms. The Morgan fingerprint density at radius 2 is 1.62 bits per heavy atom. The predicted molar refractivity (Wildman–Crippen MR) is 148 cm³/mol. The van der Waals surface area contributed by atoms with Gasteiger partial charge in [0.2, 0.25) is 0 Å². The van der Waals surface area contributed by atoms with E-state index in [4.69, 9.17) is 19.2 Å². The van der Waals surface area contributed by atoms with Crippen molar-refractivity contribution in [1.82, 2.24) is 9.55 Å². The van der Waals surface area contributed by atoms with Gasteiger partial charge in [0, 0.05) is 25.1 Å². The van der Waals surface area contributed by atoms with E-state index in [2.05, 4.69) is 35.8 Å². The quantitative estimate of drug-likeness (QED) is 0.230. The fourth-order valence-electron chi connectivity index (χ4n) is 4.42. The maximum atomic E-state index is 12.8. The van der Waals surface area contributed by atoms with E-state index in [9.17, 15) is 4.79 Å². The fourth-order valence-corrected chi connectivity index (χ4v) is 4.42. The van der Waals surface area contributed by atoms with Crippen LogP contribution >= 0.6 is 0 Å². The molecule has 4 rings (SSSR count). The summed E-state index contributed by atoms with van der Waals surface area (Å²) < 4.78 is 18.9. The molecule has 6 heteroatoms. The van der Waals surface area contributed by atoms with Crippen molar-refractivity contribution in [2.24, 2.45) is 0 Å². The van der Waals surface area contributed by atoms with Gasteiger partial charge in [-0.3, -0.25) is 0 Å². The summed E-state index contributed by atoms with van der Waals surface area (Å²) in [4.78, 5) is 17.8. The van der Waals surface area contributed by atoms with Gasteiger partial charge in [0.15, 0.2) is 11.5 Å². The normalized spacial score (nSPS) is 11.5. The first-order chi connectivity index (χ1) is 17.7. The lowest BCUT2D eigenvalue weighted by atomic mass is 9.98. The van der Waals surface area contributed by atoms with E-state index in [0.29, 0.717) is 23.6 Å². The van der Waals surface area contributed by atoms with E-state index in [1.807, 2.05) is 57.2 Å². The van der Waals surface area contributed by atoms with Gasteiger partial charge in [-0.1, -0.05) is 55.8 Å². The molecule has 0 atom stereocenters. The number of unbranched alkanes of at least 4 members (excludes halogenated alkanes) is 1. The number of benzene rings is 3. The molecule has 6 nitrogen and oxygen atoms in total. The number of hydrogen-bond donors (Lipinski definition) is 0. The van der Waals surface area contributed by atoms with Gasteiger partial charge in [-0.25, -0.2) is 9.78 Å². The topological polar surface area (TPSA) is 62.6 Å². The van der Waals surface area contributed by atoms with Crippen LogP contribution in [0.2, 0.25) is 0 Å². The highest BCUT2D eigenvalue weighted by Crippen LogP contribution is 2.33. The van der Waals surface area contributed by atoms with Crippen LogP contribution in [0.4, 0.5) is 0 Å². The van der Waals surface area contributed by atoms with Gasteiger partial charge in [0.25, 0.3) is 0 Å². The molecule has 0 aliphatic heterocycles. The van der Waals surface area contributed by atoms with Crippen molar-refractivity contribution in [3.05, 3.63) is 77.6 Å². The van der Waals surface area contributed by atoms with Crippen LogP contribution in [0.1, 0.15) is 62.3 Å². The summed E-state index contributed by atoms with van der Waals surface area (Å²) in [6.45, 7) is 8.50. The number of hydrogen-bond acceptors (Lipinski definition) is 5. The molecule has 0 bridgehead atoms. The highest BCUT2D eigenvalue weighted by Gasteiger charge is 2.21. The number of aromatic nitrogens is 2. The average molecular weight is 501 g/mol. The number of aryl methyl sites for hydroxylation is 1. The van der Waals surface area contributed by atoms with Crippen molar-refractivity contribution in [3.63, 3.8) is 0 Å². The van der Waals surface area contributed by atoms with Crippen molar-refractivity contribution in [3.8, 4) is 22.6 Å². The minimum Gasteiger partial charge on any atom is -0.493 e. The Kier molecular flexibility index (Phi) is 7.86. The zero-order valence-corrected chi connectivity index (χ0v) is 22.6. The van der Waals surface area contributed by atoms with Crippen LogP contribution < -0.4 is 9.47 Å². The second-order valence-corrected chi connectivity index (χ2v) is 10.2. The summed E-state index contributed by atoms with van der Waals surface area (Å²) in [5.74, 6) is 2.09. The molecule has 0 saturated heterocycles. The number of rotatable bonds is 9. The van der Waals surface area contributed by atoms with Crippen molar-refractivity contribution in [1.29, 1.82) is 0 Å². The van der Waals surface area contributed by atoms with Crippen LogP contribution in [0.3, 0.4) is 0 Å². The maximum Gasteiger partial charge on any atom is 0.339 e. The Labute approximate surface area is 219 Å². The summed E-state index contributed by atoms with van der Waals surface area (Å²) in [5.41, 5.74) is 4.90. The second-order valence-electron chi connectivity index (χ2n) is 10.2. The van der Waals surface area contributed by atoms with Crippen molar-refractivity contribution in [2.45, 2.75) is 59.1 Å². The minimum absolute atomic E-state index is 0.318.